The third kappa shape index (κ3) is 5.18. The highest BCUT2D eigenvalue weighted by molar-refractivity contribution is 7.93. The number of fused-ring (bicyclic) bond motifs is 1. The minimum Gasteiger partial charge on any atom is -0.504 e. The lowest BCUT2D eigenvalue weighted by Crippen LogP contribution is -2.36. The summed E-state index contributed by atoms with van der Waals surface area (Å²) in [6.45, 7) is -0.583. The Morgan fingerprint density at radius 1 is 1.17 bits per heavy atom. The molecule has 35 heavy (non-hydrogen) atoms. The normalized spacial score (nSPS) is 16.7. The third-order valence-corrected chi connectivity index (χ3v) is 8.52. The first-order valence-corrected chi connectivity index (χ1v) is 13.9. The average Bonchev–Trinajstić information content (AvgIpc) is 2.97. The summed E-state index contributed by atoms with van der Waals surface area (Å²) in [6.07, 6.45) is 2.37. The number of amides is 1. The SMILES string of the molecule is CS(=O)(=O)N1CCN(c2nc(C(=O)NCc3ccc(F)cc3)c(O)c3ncccc23)S(=O)(=O)CC1. The number of pyridine rings is 2. The zero-order valence-electron chi connectivity index (χ0n) is 18.5. The molecule has 1 amide bonds. The van der Waals surface area contributed by atoms with E-state index in [0.29, 0.717) is 5.56 Å². The Hall–Kier alpha value is -3.36. The highest BCUT2D eigenvalue weighted by Crippen LogP contribution is 2.34. The Labute approximate surface area is 201 Å². The fourth-order valence-corrected chi connectivity index (χ4v) is 6.06. The molecular formula is C21H22FN5O6S2. The second kappa shape index (κ2) is 9.36. The molecule has 3 aromatic rings. The van der Waals surface area contributed by atoms with Crippen molar-refractivity contribution in [2.75, 3.05) is 35.9 Å². The van der Waals surface area contributed by atoms with Gasteiger partial charge in [-0.25, -0.2) is 26.2 Å². The van der Waals surface area contributed by atoms with Crippen LogP contribution in [0.3, 0.4) is 0 Å². The number of carbonyl (C=O) groups is 1. The number of carbonyl (C=O) groups excluding carboxylic acids is 1. The molecule has 1 aliphatic rings. The Balaban J connectivity index is 1.74. The standard InChI is InChI=1S/C21H22FN5O6S2/c1-34(30,31)26-9-10-27(35(32,33)12-11-26)20-16-3-2-8-23-17(16)19(28)18(25-20)21(29)24-13-14-4-6-15(22)7-5-14/h2-8,28H,9-13H2,1H3,(H,24,29). The Morgan fingerprint density at radius 2 is 1.89 bits per heavy atom. The molecule has 0 bridgehead atoms. The number of hydrogen-bond acceptors (Lipinski definition) is 8. The van der Waals surface area contributed by atoms with E-state index in [2.05, 4.69) is 15.3 Å². The van der Waals surface area contributed by atoms with Crippen LogP contribution in [-0.2, 0) is 26.6 Å². The topological polar surface area (TPSA) is 150 Å². The summed E-state index contributed by atoms with van der Waals surface area (Å²) in [7, 11) is -7.65. The molecule has 0 spiro atoms. The van der Waals surface area contributed by atoms with Crippen molar-refractivity contribution in [1.29, 1.82) is 0 Å². The van der Waals surface area contributed by atoms with Crippen molar-refractivity contribution in [2.24, 2.45) is 0 Å². The highest BCUT2D eigenvalue weighted by Gasteiger charge is 2.34. The van der Waals surface area contributed by atoms with E-state index < -0.39 is 49.0 Å². The first kappa shape index (κ1) is 24.8. The van der Waals surface area contributed by atoms with Crippen LogP contribution in [0.25, 0.3) is 10.9 Å². The fraction of sp³-hybridized carbons (Fsp3) is 0.286. The predicted octanol–water partition coefficient (Wildman–Crippen LogP) is 0.816. The lowest BCUT2D eigenvalue weighted by Gasteiger charge is -2.23. The number of aromatic hydroxyl groups is 1. The van der Waals surface area contributed by atoms with E-state index in [-0.39, 0.29) is 42.9 Å². The van der Waals surface area contributed by atoms with Gasteiger partial charge in [0.1, 0.15) is 11.3 Å². The molecule has 0 atom stereocenters. The second-order valence-corrected chi connectivity index (χ2v) is 11.9. The van der Waals surface area contributed by atoms with Gasteiger partial charge >= 0.3 is 0 Å². The molecule has 0 unspecified atom stereocenters. The first-order chi connectivity index (χ1) is 16.5. The van der Waals surface area contributed by atoms with Gasteiger partial charge in [-0.1, -0.05) is 12.1 Å². The lowest BCUT2D eigenvalue weighted by atomic mass is 10.2. The number of sulfonamides is 2. The number of benzene rings is 1. The fourth-order valence-electron chi connectivity index (χ4n) is 3.67. The molecule has 2 N–H and O–H groups in total. The number of nitrogens with one attached hydrogen (secondary N) is 1. The summed E-state index contributed by atoms with van der Waals surface area (Å²) < 4.78 is 65.2. The number of halogens is 1. The van der Waals surface area contributed by atoms with Crippen molar-refractivity contribution < 1.29 is 31.1 Å². The van der Waals surface area contributed by atoms with Crippen LogP contribution in [-0.4, -0.2) is 73.8 Å². The molecule has 2 aromatic heterocycles. The van der Waals surface area contributed by atoms with E-state index >= 15 is 0 Å². The number of anilines is 1. The molecule has 1 aromatic carbocycles. The van der Waals surface area contributed by atoms with E-state index in [1.54, 1.807) is 0 Å². The molecule has 11 nitrogen and oxygen atoms in total. The van der Waals surface area contributed by atoms with Gasteiger partial charge in [0.15, 0.2) is 17.3 Å². The van der Waals surface area contributed by atoms with Gasteiger partial charge in [0, 0.05) is 37.8 Å². The van der Waals surface area contributed by atoms with Gasteiger partial charge in [0.2, 0.25) is 20.0 Å². The number of aromatic nitrogens is 2. The van der Waals surface area contributed by atoms with E-state index in [1.807, 2.05) is 0 Å². The van der Waals surface area contributed by atoms with Gasteiger partial charge in [-0.3, -0.25) is 14.1 Å². The summed E-state index contributed by atoms with van der Waals surface area (Å²) in [6, 6.07) is 8.45. The Kier molecular flexibility index (Phi) is 6.62. The van der Waals surface area contributed by atoms with E-state index in [1.165, 1.54) is 42.6 Å². The molecule has 1 aliphatic heterocycles. The lowest BCUT2D eigenvalue weighted by molar-refractivity contribution is 0.0943. The van der Waals surface area contributed by atoms with Crippen LogP contribution in [0.1, 0.15) is 16.1 Å². The predicted molar refractivity (Wildman–Crippen MR) is 126 cm³/mol. The maximum absolute atomic E-state index is 13.1. The maximum atomic E-state index is 13.1. The number of nitrogens with zero attached hydrogens (tertiary/aromatic N) is 4. The monoisotopic (exact) mass is 523 g/mol. The summed E-state index contributed by atoms with van der Waals surface area (Å²) >= 11 is 0. The van der Waals surface area contributed by atoms with Crippen LogP contribution in [0.4, 0.5) is 10.2 Å². The molecule has 0 radical (unpaired) electrons. The summed E-state index contributed by atoms with van der Waals surface area (Å²) in [5.74, 6) is -2.40. The first-order valence-electron chi connectivity index (χ1n) is 10.4. The number of rotatable bonds is 5. The zero-order chi connectivity index (χ0) is 25.4. The minimum atomic E-state index is -4.02. The molecule has 4 rings (SSSR count). The molecule has 1 fully saturated rings. The minimum absolute atomic E-state index is 0.00115. The van der Waals surface area contributed by atoms with Crippen LogP contribution in [0.5, 0.6) is 5.75 Å². The molecule has 186 valence electrons. The molecule has 3 heterocycles. The molecule has 1 saturated heterocycles. The van der Waals surface area contributed by atoms with Crippen molar-refractivity contribution in [3.05, 3.63) is 59.7 Å². The van der Waals surface area contributed by atoms with E-state index in [4.69, 9.17) is 0 Å². The van der Waals surface area contributed by atoms with Gasteiger partial charge in [0.25, 0.3) is 5.91 Å². The quantitative estimate of drug-likeness (QED) is 0.499. The van der Waals surface area contributed by atoms with Gasteiger partial charge in [-0.2, -0.15) is 4.31 Å². The maximum Gasteiger partial charge on any atom is 0.274 e. The van der Waals surface area contributed by atoms with E-state index in [0.717, 1.165) is 14.9 Å². The van der Waals surface area contributed by atoms with Crippen LogP contribution in [0.15, 0.2) is 42.6 Å². The average molecular weight is 524 g/mol. The number of hydrogen-bond donors (Lipinski definition) is 2. The molecular weight excluding hydrogens is 501 g/mol. The molecule has 14 heteroatoms. The highest BCUT2D eigenvalue weighted by atomic mass is 32.2. The van der Waals surface area contributed by atoms with Crippen LogP contribution < -0.4 is 9.62 Å². The van der Waals surface area contributed by atoms with Crippen LogP contribution in [0.2, 0.25) is 0 Å². The zero-order valence-corrected chi connectivity index (χ0v) is 20.2. The third-order valence-electron chi connectivity index (χ3n) is 5.49. The van der Waals surface area contributed by atoms with Crippen molar-refractivity contribution in [1.82, 2.24) is 19.6 Å². The molecule has 0 saturated carbocycles. The largest absolute Gasteiger partial charge is 0.504 e. The Morgan fingerprint density at radius 3 is 2.57 bits per heavy atom. The van der Waals surface area contributed by atoms with E-state index in [9.17, 15) is 31.1 Å². The Bertz CT molecular complexity index is 1500. The van der Waals surface area contributed by atoms with Crippen molar-refractivity contribution in [2.45, 2.75) is 6.54 Å². The van der Waals surface area contributed by atoms with Gasteiger partial charge in [0.05, 0.1) is 12.0 Å². The second-order valence-electron chi connectivity index (χ2n) is 7.89. The summed E-state index contributed by atoms with van der Waals surface area (Å²) in [4.78, 5) is 21.2. The van der Waals surface area contributed by atoms with Gasteiger partial charge in [-0.05, 0) is 29.8 Å². The van der Waals surface area contributed by atoms with Crippen molar-refractivity contribution >= 4 is 42.7 Å². The van der Waals surface area contributed by atoms with Gasteiger partial charge < -0.3 is 10.4 Å². The van der Waals surface area contributed by atoms with Gasteiger partial charge in [-0.15, -0.1) is 0 Å². The van der Waals surface area contributed by atoms with Crippen LogP contribution in [0, 0.1) is 5.82 Å². The van der Waals surface area contributed by atoms with Crippen molar-refractivity contribution in [3.8, 4) is 5.75 Å². The smallest absolute Gasteiger partial charge is 0.274 e. The van der Waals surface area contributed by atoms with Crippen LogP contribution >= 0.6 is 0 Å². The van der Waals surface area contributed by atoms with Crippen molar-refractivity contribution in [3.63, 3.8) is 0 Å². The summed E-state index contributed by atoms with van der Waals surface area (Å²) in [5, 5.41) is 13.5. The molecule has 0 aliphatic carbocycles. The summed E-state index contributed by atoms with van der Waals surface area (Å²) in [5.41, 5.74) is 0.103.